The number of carbonyl (C=O) groups is 1. The van der Waals surface area contributed by atoms with Crippen molar-refractivity contribution in [3.8, 4) is 0 Å². The predicted octanol–water partition coefficient (Wildman–Crippen LogP) is 2.83. The lowest BCUT2D eigenvalue weighted by Gasteiger charge is -2.35. The van der Waals surface area contributed by atoms with Crippen LogP contribution >= 0.6 is 0 Å². The molecule has 3 heteroatoms. The number of carbonyl (C=O) groups excluding carboxylic acids is 1. The van der Waals surface area contributed by atoms with E-state index in [9.17, 15) is 4.79 Å². The third kappa shape index (κ3) is 2.53. The highest BCUT2D eigenvalue weighted by molar-refractivity contribution is 5.86. The minimum absolute atomic E-state index is 0.0170. The molecule has 0 N–H and O–H groups in total. The average molecular weight is 258 g/mol. The van der Waals surface area contributed by atoms with E-state index in [2.05, 4.69) is 0 Å². The molecule has 0 heterocycles. The lowest BCUT2D eigenvalue weighted by atomic mass is 9.85. The molecule has 0 fully saturated rings. The Labute approximate surface area is 113 Å². The lowest BCUT2D eigenvalue weighted by molar-refractivity contribution is -0.195. The van der Waals surface area contributed by atoms with Crippen LogP contribution in [0.5, 0.6) is 0 Å². The van der Waals surface area contributed by atoms with Gasteiger partial charge in [-0.25, -0.2) is 0 Å². The van der Waals surface area contributed by atoms with Crippen molar-refractivity contribution in [2.75, 3.05) is 14.2 Å². The Kier molecular flexibility index (Phi) is 3.98. The van der Waals surface area contributed by atoms with Crippen LogP contribution in [-0.4, -0.2) is 25.8 Å². The highest BCUT2D eigenvalue weighted by Gasteiger charge is 2.41. The summed E-state index contributed by atoms with van der Waals surface area (Å²) in [6.07, 6.45) is 5.66. The summed E-state index contributed by atoms with van der Waals surface area (Å²) in [5.41, 5.74) is 2.06. The molecule has 0 saturated heterocycles. The Hall–Kier alpha value is -1.71. The van der Waals surface area contributed by atoms with Gasteiger partial charge in [0.15, 0.2) is 0 Å². The summed E-state index contributed by atoms with van der Waals surface area (Å²) in [6.45, 7) is 1.54. The Morgan fingerprint density at radius 3 is 2.32 bits per heavy atom. The van der Waals surface area contributed by atoms with E-state index in [1.54, 1.807) is 21.1 Å². The molecule has 1 aliphatic carbocycles. The molecule has 1 aliphatic rings. The molecule has 0 spiro atoms. The van der Waals surface area contributed by atoms with Crippen LogP contribution in [-0.2, 0) is 14.3 Å². The number of ketones is 1. The summed E-state index contributed by atoms with van der Waals surface area (Å²) < 4.78 is 11.0. The molecule has 100 valence electrons. The molecule has 0 bridgehead atoms. The van der Waals surface area contributed by atoms with Crippen molar-refractivity contribution in [3.63, 3.8) is 0 Å². The molecule has 3 nitrogen and oxygen atoms in total. The number of benzene rings is 1. The van der Waals surface area contributed by atoms with Crippen molar-refractivity contribution in [1.82, 2.24) is 0 Å². The molecule has 1 atom stereocenters. The van der Waals surface area contributed by atoms with E-state index in [4.69, 9.17) is 9.47 Å². The van der Waals surface area contributed by atoms with Crippen LogP contribution in [0.3, 0.4) is 0 Å². The molecule has 19 heavy (non-hydrogen) atoms. The molecule has 2 rings (SSSR count). The minimum Gasteiger partial charge on any atom is -0.349 e. The molecule has 0 aromatic heterocycles. The maximum atomic E-state index is 11.7. The van der Waals surface area contributed by atoms with Crippen molar-refractivity contribution in [2.24, 2.45) is 5.92 Å². The molecule has 0 amide bonds. The van der Waals surface area contributed by atoms with E-state index in [0.717, 1.165) is 11.1 Å². The molecular weight excluding hydrogens is 240 g/mol. The first-order valence-electron chi connectivity index (χ1n) is 6.20. The molecule has 0 aliphatic heterocycles. The van der Waals surface area contributed by atoms with E-state index in [1.165, 1.54) is 0 Å². The summed E-state index contributed by atoms with van der Waals surface area (Å²) in [5, 5.41) is 0. The number of hydrogen-bond acceptors (Lipinski definition) is 3. The summed E-state index contributed by atoms with van der Waals surface area (Å²) in [7, 11) is 3.11. The zero-order chi connectivity index (χ0) is 13.9. The number of methoxy groups -OCH3 is 2. The Balaban J connectivity index is 2.45. The first kappa shape index (κ1) is 13.7. The fraction of sp³-hybridized carbons (Fsp3) is 0.312. The molecule has 0 saturated carbocycles. The smallest absolute Gasteiger partial charge is 0.201 e. The average Bonchev–Trinajstić information content (AvgIpc) is 2.47. The van der Waals surface area contributed by atoms with Crippen LogP contribution < -0.4 is 0 Å². The monoisotopic (exact) mass is 258 g/mol. The SMILES string of the molecule is COC1(OC)C=C(c2ccccc2)C=CC1C(C)=O. The van der Waals surface area contributed by atoms with Gasteiger partial charge in [-0.2, -0.15) is 0 Å². The molecule has 1 aromatic rings. The summed E-state index contributed by atoms with van der Waals surface area (Å²) in [4.78, 5) is 11.7. The van der Waals surface area contributed by atoms with Crippen LogP contribution in [0.2, 0.25) is 0 Å². The fourth-order valence-corrected chi connectivity index (χ4v) is 2.37. The standard InChI is InChI=1S/C16H18O3/c1-12(17)15-10-9-14(11-16(15,18-2)19-3)13-7-5-4-6-8-13/h4-11,15H,1-3H3. The number of hydrogen-bond donors (Lipinski definition) is 0. The van der Waals surface area contributed by atoms with E-state index in [-0.39, 0.29) is 5.78 Å². The van der Waals surface area contributed by atoms with Gasteiger partial charge < -0.3 is 9.47 Å². The topological polar surface area (TPSA) is 35.5 Å². The van der Waals surface area contributed by atoms with Gasteiger partial charge in [0.25, 0.3) is 0 Å². The van der Waals surface area contributed by atoms with Gasteiger partial charge in [0.1, 0.15) is 5.78 Å². The van der Waals surface area contributed by atoms with Crippen LogP contribution in [0.4, 0.5) is 0 Å². The molecular formula is C16H18O3. The molecule has 1 aromatic carbocycles. The Morgan fingerprint density at radius 1 is 1.16 bits per heavy atom. The van der Waals surface area contributed by atoms with Crippen molar-refractivity contribution >= 4 is 11.4 Å². The molecule has 1 unspecified atom stereocenters. The van der Waals surface area contributed by atoms with E-state index in [0.29, 0.717) is 0 Å². The van der Waals surface area contributed by atoms with Gasteiger partial charge in [0.2, 0.25) is 5.79 Å². The third-order valence-electron chi connectivity index (χ3n) is 3.44. The number of Topliss-reactive ketones (excluding diaryl/α,β-unsaturated/α-hetero) is 1. The van der Waals surface area contributed by atoms with Gasteiger partial charge in [0.05, 0.1) is 5.92 Å². The van der Waals surface area contributed by atoms with Crippen LogP contribution in [0.1, 0.15) is 12.5 Å². The lowest BCUT2D eigenvalue weighted by Crippen LogP contribution is -2.44. The van der Waals surface area contributed by atoms with Crippen molar-refractivity contribution in [3.05, 3.63) is 54.1 Å². The maximum absolute atomic E-state index is 11.7. The zero-order valence-electron chi connectivity index (χ0n) is 11.4. The second kappa shape index (κ2) is 5.51. The summed E-state index contributed by atoms with van der Waals surface area (Å²) in [6, 6.07) is 9.94. The van der Waals surface area contributed by atoms with E-state index in [1.807, 2.05) is 48.6 Å². The first-order chi connectivity index (χ1) is 9.13. The van der Waals surface area contributed by atoms with Crippen LogP contribution in [0, 0.1) is 5.92 Å². The summed E-state index contributed by atoms with van der Waals surface area (Å²) in [5.74, 6) is -1.43. The number of allylic oxidation sites excluding steroid dienone is 2. The predicted molar refractivity (Wildman–Crippen MR) is 74.5 cm³/mol. The highest BCUT2D eigenvalue weighted by atomic mass is 16.7. The molecule has 0 radical (unpaired) electrons. The first-order valence-corrected chi connectivity index (χ1v) is 6.20. The van der Waals surface area contributed by atoms with Gasteiger partial charge in [-0.15, -0.1) is 0 Å². The summed E-state index contributed by atoms with van der Waals surface area (Å²) >= 11 is 0. The van der Waals surface area contributed by atoms with Crippen molar-refractivity contribution in [1.29, 1.82) is 0 Å². The Bertz CT molecular complexity index is 510. The largest absolute Gasteiger partial charge is 0.349 e. The zero-order valence-corrected chi connectivity index (χ0v) is 11.4. The van der Waals surface area contributed by atoms with Crippen LogP contribution in [0.15, 0.2) is 48.6 Å². The van der Waals surface area contributed by atoms with Gasteiger partial charge >= 0.3 is 0 Å². The van der Waals surface area contributed by atoms with Gasteiger partial charge in [0, 0.05) is 14.2 Å². The third-order valence-corrected chi connectivity index (χ3v) is 3.44. The minimum atomic E-state index is -1.02. The second-order valence-electron chi connectivity index (χ2n) is 4.54. The highest BCUT2D eigenvalue weighted by Crippen LogP contribution is 2.35. The van der Waals surface area contributed by atoms with Crippen molar-refractivity contribution < 1.29 is 14.3 Å². The van der Waals surface area contributed by atoms with E-state index < -0.39 is 11.7 Å². The number of ether oxygens (including phenoxy) is 2. The van der Waals surface area contributed by atoms with Crippen LogP contribution in [0.25, 0.3) is 5.57 Å². The van der Waals surface area contributed by atoms with Gasteiger partial charge in [-0.1, -0.05) is 42.5 Å². The number of rotatable bonds is 4. The van der Waals surface area contributed by atoms with Gasteiger partial charge in [-0.3, -0.25) is 4.79 Å². The van der Waals surface area contributed by atoms with Crippen molar-refractivity contribution in [2.45, 2.75) is 12.7 Å². The van der Waals surface area contributed by atoms with E-state index >= 15 is 0 Å². The quantitative estimate of drug-likeness (QED) is 0.779. The normalized spacial score (nSPS) is 21.0. The second-order valence-corrected chi connectivity index (χ2v) is 4.54. The van der Waals surface area contributed by atoms with Gasteiger partial charge in [-0.05, 0) is 24.1 Å². The maximum Gasteiger partial charge on any atom is 0.201 e. The fourth-order valence-electron chi connectivity index (χ4n) is 2.37. The Morgan fingerprint density at radius 2 is 1.79 bits per heavy atom.